The van der Waals surface area contributed by atoms with Gasteiger partial charge in [0.2, 0.25) is 0 Å². The Morgan fingerprint density at radius 1 is 0.742 bits per heavy atom. The summed E-state index contributed by atoms with van der Waals surface area (Å²) in [5, 5.41) is 0.657. The zero-order chi connectivity index (χ0) is 22.0. The summed E-state index contributed by atoms with van der Waals surface area (Å²) in [6.45, 7) is 6.66. The minimum atomic E-state index is 0.0919. The Bertz CT molecular complexity index is 1210. The average molecular weight is 428 g/mol. The second-order valence-corrected chi connectivity index (χ2v) is 9.12. The zero-order valence-corrected chi connectivity index (χ0v) is 19.1. The SMILES string of the molecule is COc1cc(Cl)cc(-c2ccccc2-c2ccc(-c3cc(C(C)(C)C)ccn3)cc2)c1. The van der Waals surface area contributed by atoms with Gasteiger partial charge in [-0.1, -0.05) is 80.9 Å². The lowest BCUT2D eigenvalue weighted by atomic mass is 9.87. The van der Waals surface area contributed by atoms with E-state index in [9.17, 15) is 0 Å². The van der Waals surface area contributed by atoms with E-state index in [1.165, 1.54) is 5.56 Å². The Kier molecular flexibility index (Phi) is 5.84. The summed E-state index contributed by atoms with van der Waals surface area (Å²) in [5.74, 6) is 0.748. The Morgan fingerprint density at radius 2 is 1.39 bits per heavy atom. The molecule has 0 unspecified atom stereocenters. The van der Waals surface area contributed by atoms with Gasteiger partial charge >= 0.3 is 0 Å². The van der Waals surface area contributed by atoms with Gasteiger partial charge in [-0.2, -0.15) is 0 Å². The maximum Gasteiger partial charge on any atom is 0.120 e. The Morgan fingerprint density at radius 3 is 2.03 bits per heavy atom. The molecule has 2 nitrogen and oxygen atoms in total. The fourth-order valence-electron chi connectivity index (χ4n) is 3.70. The van der Waals surface area contributed by atoms with Gasteiger partial charge in [0, 0.05) is 16.8 Å². The minimum absolute atomic E-state index is 0.0919. The quantitative estimate of drug-likeness (QED) is 0.328. The number of halogens is 1. The van der Waals surface area contributed by atoms with Crippen molar-refractivity contribution in [2.75, 3.05) is 7.11 Å². The van der Waals surface area contributed by atoms with Crippen molar-refractivity contribution in [2.24, 2.45) is 0 Å². The molecule has 4 aromatic rings. The van der Waals surface area contributed by atoms with Gasteiger partial charge in [-0.05, 0) is 63.6 Å². The Balaban J connectivity index is 1.73. The monoisotopic (exact) mass is 427 g/mol. The summed E-state index contributed by atoms with van der Waals surface area (Å²) in [4.78, 5) is 4.59. The molecule has 3 heteroatoms. The molecule has 0 spiro atoms. The molecule has 1 heterocycles. The predicted octanol–water partition coefficient (Wildman–Crippen LogP) is 8.04. The second-order valence-electron chi connectivity index (χ2n) is 8.68. The molecule has 0 fully saturated rings. The van der Waals surface area contributed by atoms with Crippen LogP contribution in [0.1, 0.15) is 26.3 Å². The summed E-state index contributed by atoms with van der Waals surface area (Å²) in [7, 11) is 1.66. The van der Waals surface area contributed by atoms with Crippen molar-refractivity contribution in [3.05, 3.63) is 95.6 Å². The molecule has 0 saturated heterocycles. The van der Waals surface area contributed by atoms with Crippen LogP contribution in [0.15, 0.2) is 85.1 Å². The van der Waals surface area contributed by atoms with Crippen molar-refractivity contribution in [1.29, 1.82) is 0 Å². The summed E-state index contributed by atoms with van der Waals surface area (Å²) in [6, 6.07) is 27.0. The topological polar surface area (TPSA) is 22.1 Å². The van der Waals surface area contributed by atoms with Crippen molar-refractivity contribution in [1.82, 2.24) is 4.98 Å². The second kappa shape index (κ2) is 8.56. The first-order valence-corrected chi connectivity index (χ1v) is 10.7. The molecule has 0 radical (unpaired) electrons. The van der Waals surface area contributed by atoms with Gasteiger partial charge < -0.3 is 4.74 Å². The molecular formula is C28H26ClNO. The van der Waals surface area contributed by atoms with Crippen molar-refractivity contribution >= 4 is 11.6 Å². The maximum absolute atomic E-state index is 6.32. The van der Waals surface area contributed by atoms with E-state index in [2.05, 4.69) is 80.4 Å². The van der Waals surface area contributed by atoms with Crippen LogP contribution >= 0.6 is 11.6 Å². The van der Waals surface area contributed by atoms with Gasteiger partial charge in [-0.25, -0.2) is 0 Å². The van der Waals surface area contributed by atoms with E-state index < -0.39 is 0 Å². The molecule has 31 heavy (non-hydrogen) atoms. The van der Waals surface area contributed by atoms with Crippen LogP contribution in [0, 0.1) is 0 Å². The molecule has 0 aliphatic carbocycles. The lowest BCUT2D eigenvalue weighted by Crippen LogP contribution is -2.11. The van der Waals surface area contributed by atoms with E-state index in [-0.39, 0.29) is 5.41 Å². The average Bonchev–Trinajstić information content (AvgIpc) is 2.78. The molecular weight excluding hydrogens is 402 g/mol. The highest BCUT2D eigenvalue weighted by molar-refractivity contribution is 6.31. The van der Waals surface area contributed by atoms with E-state index in [1.54, 1.807) is 7.11 Å². The van der Waals surface area contributed by atoms with Crippen LogP contribution in [0.3, 0.4) is 0 Å². The Labute approximate surface area is 189 Å². The van der Waals surface area contributed by atoms with E-state index in [0.717, 1.165) is 39.3 Å². The highest BCUT2D eigenvalue weighted by atomic mass is 35.5. The molecule has 156 valence electrons. The van der Waals surface area contributed by atoms with Crippen molar-refractivity contribution in [2.45, 2.75) is 26.2 Å². The summed E-state index contributed by atoms with van der Waals surface area (Å²) in [6.07, 6.45) is 1.89. The normalized spacial score (nSPS) is 11.4. The molecule has 0 aliphatic heterocycles. The molecule has 0 bridgehead atoms. The van der Waals surface area contributed by atoms with Gasteiger partial charge in [0.1, 0.15) is 5.75 Å². The van der Waals surface area contributed by atoms with E-state index in [1.807, 2.05) is 30.5 Å². The first kappa shape index (κ1) is 21.1. The summed E-state index contributed by atoms with van der Waals surface area (Å²) >= 11 is 6.32. The highest BCUT2D eigenvalue weighted by Crippen LogP contribution is 2.36. The first-order valence-electron chi connectivity index (χ1n) is 10.4. The molecule has 4 rings (SSSR count). The van der Waals surface area contributed by atoms with Gasteiger partial charge in [0.25, 0.3) is 0 Å². The maximum atomic E-state index is 6.32. The van der Waals surface area contributed by atoms with Crippen molar-refractivity contribution in [3.8, 4) is 39.3 Å². The summed E-state index contributed by atoms with van der Waals surface area (Å²) in [5.41, 5.74) is 7.91. The largest absolute Gasteiger partial charge is 0.497 e. The van der Waals surface area contributed by atoms with Crippen molar-refractivity contribution in [3.63, 3.8) is 0 Å². The predicted molar refractivity (Wildman–Crippen MR) is 131 cm³/mol. The lowest BCUT2D eigenvalue weighted by molar-refractivity contribution is 0.415. The van der Waals surface area contributed by atoms with Gasteiger partial charge in [-0.3, -0.25) is 4.98 Å². The molecule has 0 aliphatic rings. The highest BCUT2D eigenvalue weighted by Gasteiger charge is 2.15. The van der Waals surface area contributed by atoms with Gasteiger partial charge in [0.05, 0.1) is 12.8 Å². The van der Waals surface area contributed by atoms with Crippen LogP contribution in [0.2, 0.25) is 5.02 Å². The fraction of sp³-hybridized carbons (Fsp3) is 0.179. The van der Waals surface area contributed by atoms with Crippen LogP contribution < -0.4 is 4.74 Å². The molecule has 0 amide bonds. The number of benzene rings is 3. The molecule has 0 N–H and O–H groups in total. The smallest absolute Gasteiger partial charge is 0.120 e. The third-order valence-corrected chi connectivity index (χ3v) is 5.68. The molecule has 0 saturated carbocycles. The number of nitrogens with zero attached hydrogens (tertiary/aromatic N) is 1. The molecule has 3 aromatic carbocycles. The third-order valence-electron chi connectivity index (χ3n) is 5.46. The lowest BCUT2D eigenvalue weighted by Gasteiger charge is -2.19. The standard InChI is InChI=1S/C28H26ClNO/c1-28(2,3)22-13-14-30-27(17-22)20-11-9-19(10-12-20)25-7-5-6-8-26(25)21-15-23(29)18-24(16-21)31-4/h5-18H,1-4H3. The third kappa shape index (κ3) is 4.65. The number of aromatic nitrogens is 1. The first-order chi connectivity index (χ1) is 14.8. The van der Waals surface area contributed by atoms with Crippen LogP contribution in [0.5, 0.6) is 5.75 Å². The number of pyridine rings is 1. The van der Waals surface area contributed by atoms with E-state index in [4.69, 9.17) is 16.3 Å². The number of rotatable bonds is 4. The van der Waals surface area contributed by atoms with E-state index >= 15 is 0 Å². The minimum Gasteiger partial charge on any atom is -0.497 e. The molecule has 1 aromatic heterocycles. The van der Waals surface area contributed by atoms with Crippen molar-refractivity contribution < 1.29 is 4.74 Å². The number of methoxy groups -OCH3 is 1. The Hall–Kier alpha value is -3.10. The molecule has 0 atom stereocenters. The number of ether oxygens (including phenoxy) is 1. The zero-order valence-electron chi connectivity index (χ0n) is 18.3. The van der Waals surface area contributed by atoms with Gasteiger partial charge in [-0.15, -0.1) is 0 Å². The van der Waals surface area contributed by atoms with Crippen LogP contribution in [-0.2, 0) is 5.41 Å². The van der Waals surface area contributed by atoms with Gasteiger partial charge in [0.15, 0.2) is 0 Å². The van der Waals surface area contributed by atoms with Crippen LogP contribution in [-0.4, -0.2) is 12.1 Å². The number of hydrogen-bond acceptors (Lipinski definition) is 2. The summed E-state index contributed by atoms with van der Waals surface area (Å²) < 4.78 is 5.41. The number of hydrogen-bond donors (Lipinski definition) is 0. The van der Waals surface area contributed by atoms with E-state index in [0.29, 0.717) is 5.02 Å². The van der Waals surface area contributed by atoms with Crippen LogP contribution in [0.25, 0.3) is 33.5 Å². The van der Waals surface area contributed by atoms with Crippen LogP contribution in [0.4, 0.5) is 0 Å². The fourth-order valence-corrected chi connectivity index (χ4v) is 3.92.